The van der Waals surface area contributed by atoms with Gasteiger partial charge in [-0.25, -0.2) is 0 Å². The molecular weight excluding hydrogens is 350 g/mol. The van der Waals surface area contributed by atoms with Crippen molar-refractivity contribution in [2.75, 3.05) is 25.5 Å². The first kappa shape index (κ1) is 20.0. The first-order valence-electron chi connectivity index (χ1n) is 8.50. The molecule has 1 heterocycles. The normalized spacial score (nSPS) is 11.4. The lowest BCUT2D eigenvalue weighted by Gasteiger charge is -2.24. The van der Waals surface area contributed by atoms with Gasteiger partial charge in [0.15, 0.2) is 0 Å². The minimum Gasteiger partial charge on any atom is -0.497 e. The molecule has 27 heavy (non-hydrogen) atoms. The van der Waals surface area contributed by atoms with Crippen molar-refractivity contribution in [3.05, 3.63) is 48.4 Å². The molecule has 1 aromatic heterocycles. The number of ether oxygens (including phenoxy) is 1. The highest BCUT2D eigenvalue weighted by Gasteiger charge is 2.23. The zero-order valence-electron chi connectivity index (χ0n) is 15.5. The van der Waals surface area contributed by atoms with E-state index in [1.54, 1.807) is 38.1 Å². The molecular formula is C19H23N3O5. The second-order valence-electron chi connectivity index (χ2n) is 5.84. The molecule has 1 aromatic carbocycles. The molecule has 0 aliphatic rings. The van der Waals surface area contributed by atoms with Crippen LogP contribution in [0.5, 0.6) is 5.75 Å². The fourth-order valence-electron chi connectivity index (χ4n) is 2.43. The number of furan rings is 1. The average Bonchev–Trinajstić information content (AvgIpc) is 3.20. The number of likely N-dealkylation sites (N-methyl/N-ethyl adjacent to an activating group) is 1. The lowest BCUT2D eigenvalue weighted by molar-refractivity contribution is -0.135. The van der Waals surface area contributed by atoms with Gasteiger partial charge in [-0.3, -0.25) is 14.4 Å². The summed E-state index contributed by atoms with van der Waals surface area (Å²) < 4.78 is 9.97. The largest absolute Gasteiger partial charge is 0.497 e. The monoisotopic (exact) mass is 373 g/mol. The third-order valence-electron chi connectivity index (χ3n) is 3.88. The topological polar surface area (TPSA) is 101 Å². The average molecular weight is 373 g/mol. The van der Waals surface area contributed by atoms with Crippen LogP contribution in [0.1, 0.15) is 24.2 Å². The van der Waals surface area contributed by atoms with Gasteiger partial charge >= 0.3 is 0 Å². The Kier molecular flexibility index (Phi) is 6.99. The van der Waals surface area contributed by atoms with Crippen LogP contribution < -0.4 is 15.4 Å². The Labute approximate surface area is 157 Å². The molecule has 8 nitrogen and oxygen atoms in total. The number of nitrogens with zero attached hydrogens (tertiary/aromatic N) is 1. The van der Waals surface area contributed by atoms with Crippen molar-refractivity contribution in [2.24, 2.45) is 0 Å². The molecule has 0 bridgehead atoms. The number of benzene rings is 1. The van der Waals surface area contributed by atoms with Crippen molar-refractivity contribution < 1.29 is 23.5 Å². The highest BCUT2D eigenvalue weighted by atomic mass is 16.5. The van der Waals surface area contributed by atoms with Crippen molar-refractivity contribution >= 4 is 23.4 Å². The van der Waals surface area contributed by atoms with E-state index < -0.39 is 11.9 Å². The molecule has 2 N–H and O–H groups in total. The zero-order chi connectivity index (χ0) is 19.8. The first-order chi connectivity index (χ1) is 12.9. The fraction of sp³-hybridized carbons (Fsp3) is 0.316. The number of methoxy groups -OCH3 is 1. The first-order valence-corrected chi connectivity index (χ1v) is 8.50. The summed E-state index contributed by atoms with van der Waals surface area (Å²) >= 11 is 0. The Hall–Kier alpha value is -3.29. The smallest absolute Gasteiger partial charge is 0.255 e. The summed E-state index contributed by atoms with van der Waals surface area (Å²) in [5.41, 5.74) is 0.901. The molecule has 1 unspecified atom stereocenters. The zero-order valence-corrected chi connectivity index (χ0v) is 15.5. The molecule has 0 spiro atoms. The second-order valence-corrected chi connectivity index (χ2v) is 5.84. The number of carbonyl (C=O) groups excluding carboxylic acids is 3. The van der Waals surface area contributed by atoms with Gasteiger partial charge in [0.1, 0.15) is 18.1 Å². The highest BCUT2D eigenvalue weighted by Crippen LogP contribution is 2.16. The van der Waals surface area contributed by atoms with Gasteiger partial charge in [-0.2, -0.15) is 0 Å². The predicted molar refractivity (Wildman–Crippen MR) is 99.5 cm³/mol. The lowest BCUT2D eigenvalue weighted by Crippen LogP contribution is -2.49. The summed E-state index contributed by atoms with van der Waals surface area (Å²) in [6.45, 7) is 3.54. The minimum absolute atomic E-state index is 0.127. The number of anilines is 1. The molecule has 0 fully saturated rings. The summed E-state index contributed by atoms with van der Waals surface area (Å²) in [5.74, 6) is -0.491. The van der Waals surface area contributed by atoms with Crippen molar-refractivity contribution in [2.45, 2.75) is 19.9 Å². The van der Waals surface area contributed by atoms with Crippen molar-refractivity contribution in [1.82, 2.24) is 10.2 Å². The summed E-state index contributed by atoms with van der Waals surface area (Å²) in [6, 6.07) is 7.66. The Morgan fingerprint density at radius 1 is 1.26 bits per heavy atom. The third-order valence-corrected chi connectivity index (χ3v) is 3.88. The van der Waals surface area contributed by atoms with Gasteiger partial charge in [-0.1, -0.05) is 6.07 Å². The SMILES string of the molecule is CCN(CC(=O)Nc1cccc(OC)c1)C(=O)C(C)NC(=O)c1ccoc1. The summed E-state index contributed by atoms with van der Waals surface area (Å²) in [7, 11) is 1.54. The van der Waals surface area contributed by atoms with E-state index in [1.165, 1.54) is 30.6 Å². The molecule has 1 atom stereocenters. The minimum atomic E-state index is -0.781. The molecule has 8 heteroatoms. The Morgan fingerprint density at radius 3 is 2.67 bits per heavy atom. The van der Waals surface area contributed by atoms with E-state index in [4.69, 9.17) is 9.15 Å². The number of rotatable bonds is 8. The van der Waals surface area contributed by atoms with Crippen LogP contribution in [-0.2, 0) is 9.59 Å². The summed E-state index contributed by atoms with van der Waals surface area (Å²) in [5, 5.41) is 5.32. The van der Waals surface area contributed by atoms with Crippen LogP contribution in [0, 0.1) is 0 Å². The fourth-order valence-corrected chi connectivity index (χ4v) is 2.43. The van der Waals surface area contributed by atoms with Crippen molar-refractivity contribution in [3.8, 4) is 5.75 Å². The predicted octanol–water partition coefficient (Wildman–Crippen LogP) is 1.89. The maximum Gasteiger partial charge on any atom is 0.255 e. The molecule has 0 aliphatic heterocycles. The molecule has 3 amide bonds. The van der Waals surface area contributed by atoms with E-state index in [1.807, 2.05) is 0 Å². The maximum atomic E-state index is 12.6. The van der Waals surface area contributed by atoms with E-state index in [-0.39, 0.29) is 18.4 Å². The van der Waals surface area contributed by atoms with Gasteiger partial charge in [-0.15, -0.1) is 0 Å². The standard InChI is InChI=1S/C19H23N3O5/c1-4-22(11-17(23)21-15-6-5-7-16(10-15)26-3)19(25)13(2)20-18(24)14-8-9-27-12-14/h5-10,12-13H,4,11H2,1-3H3,(H,20,24)(H,21,23). The highest BCUT2D eigenvalue weighted by molar-refractivity contribution is 5.98. The molecule has 0 saturated heterocycles. The molecule has 0 saturated carbocycles. The van der Waals surface area contributed by atoms with E-state index in [2.05, 4.69) is 10.6 Å². The van der Waals surface area contributed by atoms with Crippen LogP contribution in [0.15, 0.2) is 47.3 Å². The van der Waals surface area contributed by atoms with Crippen molar-refractivity contribution in [1.29, 1.82) is 0 Å². The summed E-state index contributed by atoms with van der Waals surface area (Å²) in [4.78, 5) is 38.2. The van der Waals surface area contributed by atoms with Gasteiger partial charge in [0.25, 0.3) is 5.91 Å². The Balaban J connectivity index is 1.93. The summed E-state index contributed by atoms with van der Waals surface area (Å²) in [6.07, 6.45) is 2.67. The van der Waals surface area contributed by atoms with Crippen LogP contribution in [0.25, 0.3) is 0 Å². The quantitative estimate of drug-likeness (QED) is 0.736. The Bertz CT molecular complexity index is 788. The number of hydrogen-bond acceptors (Lipinski definition) is 5. The van der Waals surface area contributed by atoms with Crippen LogP contribution in [-0.4, -0.2) is 48.9 Å². The van der Waals surface area contributed by atoms with E-state index in [0.717, 1.165) is 0 Å². The van der Waals surface area contributed by atoms with Gasteiger partial charge in [0, 0.05) is 18.3 Å². The second kappa shape index (κ2) is 9.42. The van der Waals surface area contributed by atoms with E-state index >= 15 is 0 Å². The molecule has 0 aliphatic carbocycles. The number of amides is 3. The third kappa shape index (κ3) is 5.60. The van der Waals surface area contributed by atoms with Gasteiger partial charge in [-0.05, 0) is 32.0 Å². The molecule has 0 radical (unpaired) electrons. The molecule has 2 aromatic rings. The van der Waals surface area contributed by atoms with E-state index in [9.17, 15) is 14.4 Å². The van der Waals surface area contributed by atoms with Gasteiger partial charge in [0.2, 0.25) is 11.8 Å². The molecule has 2 rings (SSSR count). The Morgan fingerprint density at radius 2 is 2.04 bits per heavy atom. The van der Waals surface area contributed by atoms with Crippen LogP contribution >= 0.6 is 0 Å². The number of nitrogens with one attached hydrogen (secondary N) is 2. The van der Waals surface area contributed by atoms with Gasteiger partial charge < -0.3 is 24.7 Å². The van der Waals surface area contributed by atoms with Crippen molar-refractivity contribution in [3.63, 3.8) is 0 Å². The number of carbonyl (C=O) groups is 3. The maximum absolute atomic E-state index is 12.6. The van der Waals surface area contributed by atoms with Gasteiger partial charge in [0.05, 0.1) is 25.5 Å². The van der Waals surface area contributed by atoms with Crippen LogP contribution in [0.2, 0.25) is 0 Å². The van der Waals surface area contributed by atoms with Crippen LogP contribution in [0.3, 0.4) is 0 Å². The van der Waals surface area contributed by atoms with Crippen LogP contribution in [0.4, 0.5) is 5.69 Å². The van der Waals surface area contributed by atoms with E-state index in [0.29, 0.717) is 23.5 Å². The lowest BCUT2D eigenvalue weighted by atomic mass is 10.2. The molecule has 144 valence electrons. The number of hydrogen-bond donors (Lipinski definition) is 2.